The molecule has 1 saturated heterocycles. The maximum atomic E-state index is 12.5. The van der Waals surface area contributed by atoms with E-state index in [0.717, 1.165) is 17.3 Å². The fourth-order valence-electron chi connectivity index (χ4n) is 2.63. The average molecular weight is 461 g/mol. The molecule has 1 fully saturated rings. The van der Waals surface area contributed by atoms with Gasteiger partial charge in [0.05, 0.1) is 17.0 Å². The van der Waals surface area contributed by atoms with Crippen LogP contribution in [0, 0.1) is 6.92 Å². The number of carbonyl (C=O) groups is 2. The Morgan fingerprint density at radius 1 is 1.16 bits per heavy atom. The minimum Gasteiger partial charge on any atom is -0.481 e. The number of nitrogens with one attached hydrogen (secondary N) is 2. The van der Waals surface area contributed by atoms with Gasteiger partial charge in [-0.25, -0.2) is 8.42 Å². The molecule has 0 aliphatic carbocycles. The lowest BCUT2D eigenvalue weighted by Gasteiger charge is -2.09. The van der Waals surface area contributed by atoms with Crippen LogP contribution >= 0.6 is 11.8 Å². The van der Waals surface area contributed by atoms with Gasteiger partial charge >= 0.3 is 5.97 Å². The Kier molecular flexibility index (Phi) is 6.76. The number of carboxylic acid groups (broad SMARTS) is 1. The van der Waals surface area contributed by atoms with E-state index in [-0.39, 0.29) is 16.5 Å². The van der Waals surface area contributed by atoms with Crippen LogP contribution in [-0.2, 0) is 19.6 Å². The Balaban J connectivity index is 1.67. The van der Waals surface area contributed by atoms with Crippen molar-refractivity contribution in [3.05, 3.63) is 59.7 Å². The van der Waals surface area contributed by atoms with Crippen LogP contribution in [0.4, 0.5) is 5.69 Å². The number of nitrogens with zero attached hydrogens (tertiary/aromatic N) is 2. The molecule has 1 aliphatic rings. The third-order valence-electron chi connectivity index (χ3n) is 4.31. The number of amidine groups is 1. The number of hydrogen-bond donors (Lipinski definition) is 3. The summed E-state index contributed by atoms with van der Waals surface area (Å²) in [6, 6.07) is 13.2. The number of carbonyl (C=O) groups excluding carboxylic acids is 1. The molecule has 3 rings (SSSR count). The maximum Gasteiger partial charge on any atom is 0.305 e. The highest BCUT2D eigenvalue weighted by molar-refractivity contribution is 8.15. The molecule has 2 aromatic carbocycles. The SMILES string of the molecule is CC(=NN=C1NC(=O)C(CC(=O)O)S1)c1ccc(NS(=O)(=O)c2ccc(C)cc2)cc1. The molecule has 1 unspecified atom stereocenters. The molecule has 1 atom stereocenters. The molecule has 0 radical (unpaired) electrons. The number of anilines is 1. The third kappa shape index (κ3) is 5.92. The summed E-state index contributed by atoms with van der Waals surface area (Å²) in [4.78, 5) is 22.7. The molecule has 1 aliphatic heterocycles. The van der Waals surface area contributed by atoms with Crippen molar-refractivity contribution < 1.29 is 23.1 Å². The second-order valence-corrected chi connectivity index (χ2v) is 9.65. The highest BCUT2D eigenvalue weighted by Gasteiger charge is 2.32. The van der Waals surface area contributed by atoms with Gasteiger partial charge in [0.15, 0.2) is 5.17 Å². The van der Waals surface area contributed by atoms with Crippen molar-refractivity contribution in [3.8, 4) is 0 Å². The smallest absolute Gasteiger partial charge is 0.305 e. The van der Waals surface area contributed by atoms with Crippen molar-refractivity contribution in [1.82, 2.24) is 5.32 Å². The fraction of sp³-hybridized carbons (Fsp3) is 0.200. The van der Waals surface area contributed by atoms with E-state index in [1.807, 2.05) is 6.92 Å². The van der Waals surface area contributed by atoms with E-state index in [4.69, 9.17) is 5.11 Å². The van der Waals surface area contributed by atoms with E-state index in [2.05, 4.69) is 20.2 Å². The number of benzene rings is 2. The van der Waals surface area contributed by atoms with E-state index in [9.17, 15) is 18.0 Å². The van der Waals surface area contributed by atoms with Gasteiger partial charge in [0, 0.05) is 5.69 Å². The van der Waals surface area contributed by atoms with Crippen molar-refractivity contribution in [2.24, 2.45) is 10.2 Å². The van der Waals surface area contributed by atoms with Crippen LogP contribution in [0.5, 0.6) is 0 Å². The van der Waals surface area contributed by atoms with Crippen molar-refractivity contribution >= 4 is 50.2 Å². The molecular weight excluding hydrogens is 440 g/mol. The first-order valence-electron chi connectivity index (χ1n) is 9.15. The second kappa shape index (κ2) is 9.31. The summed E-state index contributed by atoms with van der Waals surface area (Å²) in [5, 5.41) is 18.8. The zero-order chi connectivity index (χ0) is 22.6. The molecule has 1 heterocycles. The fourth-order valence-corrected chi connectivity index (χ4v) is 4.60. The van der Waals surface area contributed by atoms with Gasteiger partial charge in [-0.3, -0.25) is 14.3 Å². The lowest BCUT2D eigenvalue weighted by molar-refractivity contribution is -0.138. The van der Waals surface area contributed by atoms with Gasteiger partial charge in [0.2, 0.25) is 5.91 Å². The Morgan fingerprint density at radius 3 is 2.42 bits per heavy atom. The first-order chi connectivity index (χ1) is 14.6. The molecule has 162 valence electrons. The molecule has 0 aromatic heterocycles. The Hall–Kier alpha value is -3.18. The summed E-state index contributed by atoms with van der Waals surface area (Å²) in [5.41, 5.74) is 2.62. The van der Waals surface area contributed by atoms with Gasteiger partial charge < -0.3 is 10.4 Å². The van der Waals surface area contributed by atoms with Crippen molar-refractivity contribution in [2.75, 3.05) is 4.72 Å². The van der Waals surface area contributed by atoms with Crippen LogP contribution in [0.3, 0.4) is 0 Å². The second-order valence-electron chi connectivity index (χ2n) is 6.78. The normalized spacial score (nSPS) is 18.1. The van der Waals surface area contributed by atoms with E-state index < -0.39 is 27.1 Å². The number of amides is 1. The van der Waals surface area contributed by atoms with Gasteiger partial charge in [0.25, 0.3) is 10.0 Å². The summed E-state index contributed by atoms with van der Waals surface area (Å²) < 4.78 is 27.5. The minimum absolute atomic E-state index is 0.174. The Morgan fingerprint density at radius 2 is 1.81 bits per heavy atom. The summed E-state index contributed by atoms with van der Waals surface area (Å²) in [7, 11) is -3.69. The van der Waals surface area contributed by atoms with Crippen molar-refractivity contribution in [3.63, 3.8) is 0 Å². The van der Waals surface area contributed by atoms with Crippen molar-refractivity contribution in [2.45, 2.75) is 30.4 Å². The molecule has 9 nitrogen and oxygen atoms in total. The third-order valence-corrected chi connectivity index (χ3v) is 6.78. The maximum absolute atomic E-state index is 12.5. The molecule has 11 heteroatoms. The highest BCUT2D eigenvalue weighted by Crippen LogP contribution is 2.22. The van der Waals surface area contributed by atoms with E-state index >= 15 is 0 Å². The summed E-state index contributed by atoms with van der Waals surface area (Å²) >= 11 is 1.02. The van der Waals surface area contributed by atoms with E-state index in [1.54, 1.807) is 55.5 Å². The first-order valence-corrected chi connectivity index (χ1v) is 11.5. The Labute approximate surface area is 183 Å². The first kappa shape index (κ1) is 22.5. The molecule has 0 spiro atoms. The van der Waals surface area contributed by atoms with Gasteiger partial charge in [-0.2, -0.15) is 5.10 Å². The number of rotatable bonds is 7. The molecule has 2 aromatic rings. The van der Waals surface area contributed by atoms with Crippen LogP contribution in [0.2, 0.25) is 0 Å². The van der Waals surface area contributed by atoms with Gasteiger partial charge in [-0.15, -0.1) is 5.10 Å². The number of thioether (sulfide) groups is 1. The molecule has 0 saturated carbocycles. The lowest BCUT2D eigenvalue weighted by Crippen LogP contribution is -2.26. The predicted octanol–water partition coefficient (Wildman–Crippen LogP) is 2.58. The van der Waals surface area contributed by atoms with Gasteiger partial charge in [-0.05, 0) is 43.7 Å². The highest BCUT2D eigenvalue weighted by atomic mass is 32.2. The van der Waals surface area contributed by atoms with Crippen LogP contribution in [0.25, 0.3) is 0 Å². The zero-order valence-corrected chi connectivity index (χ0v) is 18.3. The number of hydrogen-bond acceptors (Lipinski definition) is 7. The predicted molar refractivity (Wildman–Crippen MR) is 120 cm³/mol. The average Bonchev–Trinajstić information content (AvgIpc) is 3.05. The standard InChI is InChI=1S/C20H20N4O5S2/c1-12-3-9-16(10-4-12)31(28,29)24-15-7-5-14(6-8-15)13(2)22-23-20-21-19(27)17(30-20)11-18(25)26/h3-10,17,24H,11H2,1-2H3,(H,25,26)(H,21,23,27). The number of carboxylic acids is 1. The quantitative estimate of drug-likeness (QED) is 0.429. The van der Waals surface area contributed by atoms with E-state index in [0.29, 0.717) is 17.0 Å². The van der Waals surface area contributed by atoms with Crippen LogP contribution < -0.4 is 10.0 Å². The number of aryl methyl sites for hydroxylation is 1. The Bertz CT molecular complexity index is 1160. The zero-order valence-electron chi connectivity index (χ0n) is 16.7. The van der Waals surface area contributed by atoms with E-state index in [1.165, 1.54) is 0 Å². The molecular formula is C20H20N4O5S2. The van der Waals surface area contributed by atoms with Crippen LogP contribution in [-0.4, -0.2) is 41.5 Å². The van der Waals surface area contributed by atoms with Crippen LogP contribution in [0.1, 0.15) is 24.5 Å². The largest absolute Gasteiger partial charge is 0.481 e. The molecule has 3 N–H and O–H groups in total. The minimum atomic E-state index is -3.69. The summed E-state index contributed by atoms with van der Waals surface area (Å²) in [6.07, 6.45) is -0.293. The lowest BCUT2D eigenvalue weighted by atomic mass is 10.1. The molecule has 0 bridgehead atoms. The molecule has 31 heavy (non-hydrogen) atoms. The number of sulfonamides is 1. The van der Waals surface area contributed by atoms with Gasteiger partial charge in [0.1, 0.15) is 5.25 Å². The summed E-state index contributed by atoms with van der Waals surface area (Å²) in [5.74, 6) is -1.48. The monoisotopic (exact) mass is 460 g/mol. The number of aliphatic carboxylic acids is 1. The van der Waals surface area contributed by atoms with Crippen molar-refractivity contribution in [1.29, 1.82) is 0 Å². The van der Waals surface area contributed by atoms with Gasteiger partial charge in [-0.1, -0.05) is 41.6 Å². The van der Waals surface area contributed by atoms with Crippen LogP contribution in [0.15, 0.2) is 63.6 Å². The summed E-state index contributed by atoms with van der Waals surface area (Å²) in [6.45, 7) is 3.59. The topological polar surface area (TPSA) is 137 Å². The molecule has 1 amide bonds.